The quantitative estimate of drug-likeness (QED) is 0.591. The summed E-state index contributed by atoms with van der Waals surface area (Å²) in [6.45, 7) is 5.54. The van der Waals surface area contributed by atoms with E-state index in [2.05, 4.69) is 15.0 Å². The predicted octanol–water partition coefficient (Wildman–Crippen LogP) is 1.54. The third-order valence-corrected chi connectivity index (χ3v) is 1.65. The van der Waals surface area contributed by atoms with Crippen LogP contribution in [0.2, 0.25) is 0 Å². The molecule has 4 nitrogen and oxygen atoms in total. The van der Waals surface area contributed by atoms with Crippen LogP contribution in [0.4, 0.5) is 0 Å². The summed E-state index contributed by atoms with van der Waals surface area (Å²) in [7, 11) is 0. The molecule has 0 aromatic carbocycles. The highest BCUT2D eigenvalue weighted by molar-refractivity contribution is 5.70. The van der Waals surface area contributed by atoms with Crippen LogP contribution in [0.1, 0.15) is 17.4 Å². The zero-order chi connectivity index (χ0) is 8.72. The van der Waals surface area contributed by atoms with E-state index in [1.54, 1.807) is 6.92 Å². The van der Waals surface area contributed by atoms with Crippen molar-refractivity contribution in [3.05, 3.63) is 17.4 Å². The van der Waals surface area contributed by atoms with E-state index in [1.165, 1.54) is 0 Å². The molecule has 12 heavy (non-hydrogen) atoms. The highest BCUT2D eigenvalue weighted by Crippen LogP contribution is 2.14. The molecule has 0 aliphatic heterocycles. The Kier molecular flexibility index (Phi) is 1.36. The molecule has 0 aliphatic rings. The van der Waals surface area contributed by atoms with Crippen molar-refractivity contribution in [2.45, 2.75) is 20.8 Å². The van der Waals surface area contributed by atoms with Gasteiger partial charge in [0.15, 0.2) is 11.4 Å². The first-order chi connectivity index (χ1) is 5.66. The molecule has 2 heterocycles. The number of aryl methyl sites for hydroxylation is 3. The Balaban J connectivity index is 2.88. The van der Waals surface area contributed by atoms with Crippen LogP contribution in [0, 0.1) is 20.8 Å². The van der Waals surface area contributed by atoms with Gasteiger partial charge in [-0.1, -0.05) is 0 Å². The maximum absolute atomic E-state index is 5.27. The van der Waals surface area contributed by atoms with Gasteiger partial charge in [0.25, 0.3) is 5.71 Å². The van der Waals surface area contributed by atoms with Crippen molar-refractivity contribution in [1.29, 1.82) is 0 Å². The highest BCUT2D eigenvalue weighted by atomic mass is 16.4. The molecule has 0 atom stereocenters. The van der Waals surface area contributed by atoms with Crippen LogP contribution in [0.3, 0.4) is 0 Å². The Labute approximate surface area is 69.7 Å². The minimum Gasteiger partial charge on any atom is -0.422 e. The summed E-state index contributed by atoms with van der Waals surface area (Å²) in [6.07, 6.45) is 0. The Morgan fingerprint density at radius 1 is 1.00 bits per heavy atom. The maximum Gasteiger partial charge on any atom is 0.250 e. The Morgan fingerprint density at radius 3 is 2.50 bits per heavy atom. The summed E-state index contributed by atoms with van der Waals surface area (Å²) < 4.78 is 5.27. The fraction of sp³-hybridized carbons (Fsp3) is 0.375. The van der Waals surface area contributed by atoms with Gasteiger partial charge in [0.2, 0.25) is 0 Å². The van der Waals surface area contributed by atoms with E-state index >= 15 is 0 Å². The summed E-state index contributed by atoms with van der Waals surface area (Å²) in [5.41, 5.74) is 2.21. The highest BCUT2D eigenvalue weighted by Gasteiger charge is 2.07. The van der Waals surface area contributed by atoms with E-state index in [0.29, 0.717) is 11.6 Å². The van der Waals surface area contributed by atoms with Crippen LogP contribution in [0.25, 0.3) is 11.2 Å². The molecular weight excluding hydrogens is 154 g/mol. The van der Waals surface area contributed by atoms with Crippen molar-refractivity contribution in [3.63, 3.8) is 0 Å². The van der Waals surface area contributed by atoms with E-state index in [0.717, 1.165) is 17.0 Å². The van der Waals surface area contributed by atoms with Crippen molar-refractivity contribution in [1.82, 2.24) is 15.0 Å². The van der Waals surface area contributed by atoms with Gasteiger partial charge in [-0.3, -0.25) is 0 Å². The molecule has 0 saturated carbocycles. The smallest absolute Gasteiger partial charge is 0.250 e. The molecule has 0 spiro atoms. The standard InChI is InChI=1S/C8H9N3O/c1-4-7-8(10-5(2)9-4)12-6(3)11-7/h1-3H3. The van der Waals surface area contributed by atoms with Gasteiger partial charge in [0, 0.05) is 6.92 Å². The Bertz CT molecular complexity index is 433. The zero-order valence-corrected chi connectivity index (χ0v) is 7.25. The van der Waals surface area contributed by atoms with Crippen molar-refractivity contribution >= 4 is 11.2 Å². The van der Waals surface area contributed by atoms with E-state index in [4.69, 9.17) is 4.42 Å². The molecule has 0 N–H and O–H groups in total. The number of hydrogen-bond donors (Lipinski definition) is 0. The molecule has 0 aliphatic carbocycles. The van der Waals surface area contributed by atoms with Gasteiger partial charge >= 0.3 is 0 Å². The van der Waals surface area contributed by atoms with Crippen molar-refractivity contribution in [2.75, 3.05) is 0 Å². The van der Waals surface area contributed by atoms with Gasteiger partial charge in [-0.2, -0.15) is 4.98 Å². The van der Waals surface area contributed by atoms with E-state index in [1.807, 2.05) is 13.8 Å². The number of fused-ring (bicyclic) bond motifs is 1. The van der Waals surface area contributed by atoms with Crippen molar-refractivity contribution < 1.29 is 4.42 Å². The van der Waals surface area contributed by atoms with Crippen LogP contribution in [-0.4, -0.2) is 15.0 Å². The zero-order valence-electron chi connectivity index (χ0n) is 7.25. The lowest BCUT2D eigenvalue weighted by atomic mass is 10.4. The first-order valence-corrected chi connectivity index (χ1v) is 3.75. The molecule has 0 amide bonds. The van der Waals surface area contributed by atoms with Crippen LogP contribution in [-0.2, 0) is 0 Å². The number of hydrogen-bond acceptors (Lipinski definition) is 4. The molecule has 2 aromatic heterocycles. The van der Waals surface area contributed by atoms with Gasteiger partial charge in [0.05, 0.1) is 5.69 Å². The van der Waals surface area contributed by atoms with E-state index in [9.17, 15) is 0 Å². The fourth-order valence-corrected chi connectivity index (χ4v) is 1.20. The third kappa shape index (κ3) is 0.958. The van der Waals surface area contributed by atoms with Crippen molar-refractivity contribution in [2.24, 2.45) is 0 Å². The average molecular weight is 163 g/mol. The minimum absolute atomic E-state index is 0.581. The van der Waals surface area contributed by atoms with Crippen LogP contribution in [0.5, 0.6) is 0 Å². The SMILES string of the molecule is Cc1nc(C)c2nc(C)oc2n1. The Hall–Kier alpha value is -1.45. The van der Waals surface area contributed by atoms with Gasteiger partial charge in [-0.25, -0.2) is 9.97 Å². The molecule has 4 heteroatoms. The van der Waals surface area contributed by atoms with E-state index < -0.39 is 0 Å². The molecule has 0 fully saturated rings. The summed E-state index contributed by atoms with van der Waals surface area (Å²) in [5.74, 6) is 1.35. The van der Waals surface area contributed by atoms with Gasteiger partial charge in [-0.15, -0.1) is 0 Å². The molecule has 0 radical (unpaired) electrons. The van der Waals surface area contributed by atoms with Crippen molar-refractivity contribution in [3.8, 4) is 0 Å². The molecule has 0 saturated heterocycles. The predicted molar refractivity (Wildman–Crippen MR) is 43.8 cm³/mol. The second-order valence-corrected chi connectivity index (χ2v) is 2.74. The van der Waals surface area contributed by atoms with E-state index in [-0.39, 0.29) is 0 Å². The van der Waals surface area contributed by atoms with Crippen LogP contribution >= 0.6 is 0 Å². The lowest BCUT2D eigenvalue weighted by Gasteiger charge is -1.92. The lowest BCUT2D eigenvalue weighted by molar-refractivity contribution is 0.550. The summed E-state index contributed by atoms with van der Waals surface area (Å²) in [5, 5.41) is 0. The molecule has 0 bridgehead atoms. The Morgan fingerprint density at radius 2 is 1.75 bits per heavy atom. The minimum atomic E-state index is 0.581. The van der Waals surface area contributed by atoms with Gasteiger partial charge in [-0.05, 0) is 13.8 Å². The summed E-state index contributed by atoms with van der Waals surface area (Å²) >= 11 is 0. The van der Waals surface area contributed by atoms with Gasteiger partial charge in [0.1, 0.15) is 5.82 Å². The second-order valence-electron chi connectivity index (χ2n) is 2.74. The first kappa shape index (κ1) is 7.21. The topological polar surface area (TPSA) is 51.8 Å². The number of nitrogens with zero attached hydrogens (tertiary/aromatic N) is 3. The fourth-order valence-electron chi connectivity index (χ4n) is 1.20. The molecule has 2 rings (SSSR count). The lowest BCUT2D eigenvalue weighted by Crippen LogP contribution is -1.91. The summed E-state index contributed by atoms with van der Waals surface area (Å²) in [6, 6.07) is 0. The third-order valence-electron chi connectivity index (χ3n) is 1.65. The maximum atomic E-state index is 5.27. The second kappa shape index (κ2) is 2.27. The first-order valence-electron chi connectivity index (χ1n) is 3.75. The van der Waals surface area contributed by atoms with Crippen LogP contribution < -0.4 is 0 Å². The molecule has 0 unspecified atom stereocenters. The number of rotatable bonds is 0. The van der Waals surface area contributed by atoms with Gasteiger partial charge < -0.3 is 4.42 Å². The van der Waals surface area contributed by atoms with Crippen LogP contribution in [0.15, 0.2) is 4.42 Å². The monoisotopic (exact) mass is 163 g/mol. The number of aromatic nitrogens is 3. The molecule has 2 aromatic rings. The summed E-state index contributed by atoms with van der Waals surface area (Å²) in [4.78, 5) is 12.5. The normalized spacial score (nSPS) is 10.9. The largest absolute Gasteiger partial charge is 0.422 e. The average Bonchev–Trinajstić information content (AvgIpc) is 2.29. The molecule has 62 valence electrons. The number of oxazole rings is 1. The molecular formula is C8H9N3O.